The number of aliphatic hydroxyl groups is 1. The number of nitrogens with zero attached hydrogens (tertiary/aromatic N) is 1. The van der Waals surface area contributed by atoms with Crippen molar-refractivity contribution in [3.63, 3.8) is 0 Å². The summed E-state index contributed by atoms with van der Waals surface area (Å²) in [6.07, 6.45) is 7.81. The molecule has 35 heavy (non-hydrogen) atoms. The van der Waals surface area contributed by atoms with Gasteiger partial charge in [-0.15, -0.1) is 0 Å². The third-order valence-corrected chi connectivity index (χ3v) is 8.46. The number of fused-ring (bicyclic) bond motifs is 3. The molecule has 6 heteroatoms. The average molecular weight is 502 g/mol. The second-order valence-corrected chi connectivity index (χ2v) is 11.0. The van der Waals surface area contributed by atoms with E-state index in [1.54, 1.807) is 12.1 Å². The van der Waals surface area contributed by atoms with Gasteiger partial charge in [0.05, 0.1) is 18.4 Å². The summed E-state index contributed by atoms with van der Waals surface area (Å²) in [5.74, 6) is -1.55. The maximum atomic E-state index is 15.0. The van der Waals surface area contributed by atoms with Crippen LogP contribution in [0.5, 0.6) is 5.75 Å². The molecule has 5 rings (SSSR count). The van der Waals surface area contributed by atoms with Crippen LogP contribution in [-0.2, 0) is 11.3 Å². The molecule has 2 aromatic carbocycles. The molecule has 4 atom stereocenters. The normalized spacial score (nSPS) is 28.1. The lowest BCUT2D eigenvalue weighted by atomic mass is 9.67. The van der Waals surface area contributed by atoms with Crippen molar-refractivity contribution in [2.75, 3.05) is 24.6 Å². The van der Waals surface area contributed by atoms with E-state index < -0.39 is 17.4 Å². The van der Waals surface area contributed by atoms with Crippen LogP contribution < -0.4 is 9.64 Å². The van der Waals surface area contributed by atoms with Crippen LogP contribution in [0.3, 0.4) is 0 Å². The van der Waals surface area contributed by atoms with Gasteiger partial charge in [0.1, 0.15) is 5.75 Å². The molecule has 1 saturated carbocycles. The monoisotopic (exact) mass is 501 g/mol. The first kappa shape index (κ1) is 24.6. The number of aliphatic hydroxyl groups excluding tert-OH is 1. The van der Waals surface area contributed by atoms with Crippen LogP contribution in [0.15, 0.2) is 54.6 Å². The number of benzene rings is 2. The molecule has 0 unspecified atom stereocenters. The minimum Gasteiger partial charge on any atom is -0.490 e. The van der Waals surface area contributed by atoms with E-state index in [2.05, 4.69) is 24.0 Å². The molecule has 1 fully saturated rings. The number of hydrogen-bond acceptors (Lipinski definition) is 3. The van der Waals surface area contributed by atoms with Gasteiger partial charge in [-0.25, -0.2) is 8.78 Å². The molecule has 1 heterocycles. The van der Waals surface area contributed by atoms with Gasteiger partial charge in [-0.1, -0.05) is 55.3 Å². The van der Waals surface area contributed by atoms with E-state index in [0.29, 0.717) is 36.1 Å². The molecular formula is C29H34ClF2NO2. The van der Waals surface area contributed by atoms with E-state index >= 15 is 0 Å². The van der Waals surface area contributed by atoms with Gasteiger partial charge in [0.25, 0.3) is 5.92 Å². The van der Waals surface area contributed by atoms with Crippen molar-refractivity contribution in [3.8, 4) is 5.75 Å². The number of allylic oxidation sites excluding steroid dienone is 1. The molecule has 3 nitrogen and oxygen atoms in total. The minimum atomic E-state index is -2.90. The highest BCUT2D eigenvalue weighted by atomic mass is 35.5. The van der Waals surface area contributed by atoms with Crippen molar-refractivity contribution < 1.29 is 18.6 Å². The van der Waals surface area contributed by atoms with Crippen LogP contribution in [0, 0.1) is 11.8 Å². The summed E-state index contributed by atoms with van der Waals surface area (Å²) >= 11 is 6.15. The molecule has 1 spiro atoms. The number of anilines is 1. The highest BCUT2D eigenvalue weighted by Gasteiger charge is 2.50. The van der Waals surface area contributed by atoms with Gasteiger partial charge in [-0.2, -0.15) is 0 Å². The lowest BCUT2D eigenvalue weighted by molar-refractivity contribution is -0.0361. The average Bonchev–Trinajstić information content (AvgIpc) is 2.98. The van der Waals surface area contributed by atoms with Crippen LogP contribution in [0.4, 0.5) is 14.5 Å². The predicted molar refractivity (Wildman–Crippen MR) is 137 cm³/mol. The zero-order valence-electron chi connectivity index (χ0n) is 20.2. The summed E-state index contributed by atoms with van der Waals surface area (Å²) in [6, 6.07) is 12.9. The molecule has 188 valence electrons. The molecule has 0 bridgehead atoms. The Balaban J connectivity index is 1.46. The Bertz CT molecular complexity index is 1090. The zero-order chi connectivity index (χ0) is 24.6. The fourth-order valence-corrected chi connectivity index (χ4v) is 6.25. The SMILES string of the molecule is CCC/C=C/[C@H](O)[C@@H]1CC[C@H]1CN1C[C@@]2(CCC(F)(F)c3cc(Cl)ccc32)COc2ccccc21. The van der Waals surface area contributed by atoms with Gasteiger partial charge in [-0.05, 0) is 67.3 Å². The summed E-state index contributed by atoms with van der Waals surface area (Å²) in [7, 11) is 0. The summed E-state index contributed by atoms with van der Waals surface area (Å²) in [6.45, 7) is 3.84. The topological polar surface area (TPSA) is 32.7 Å². The quantitative estimate of drug-likeness (QED) is 0.428. The number of halogens is 3. The number of unbranched alkanes of at least 4 members (excludes halogenated alkanes) is 1. The lowest BCUT2D eigenvalue weighted by Gasteiger charge is -2.46. The first-order chi connectivity index (χ1) is 16.8. The van der Waals surface area contributed by atoms with Crippen LogP contribution in [0.2, 0.25) is 5.02 Å². The lowest BCUT2D eigenvalue weighted by Crippen LogP contribution is -2.50. The molecule has 0 saturated heterocycles. The van der Waals surface area contributed by atoms with Crippen molar-refractivity contribution in [2.24, 2.45) is 11.8 Å². The van der Waals surface area contributed by atoms with E-state index in [0.717, 1.165) is 43.7 Å². The van der Waals surface area contributed by atoms with E-state index in [9.17, 15) is 13.9 Å². The molecule has 1 N–H and O–H groups in total. The highest BCUT2D eigenvalue weighted by molar-refractivity contribution is 6.30. The van der Waals surface area contributed by atoms with Gasteiger partial charge in [0.2, 0.25) is 0 Å². The Labute approximate surface area is 211 Å². The first-order valence-electron chi connectivity index (χ1n) is 12.8. The second-order valence-electron chi connectivity index (χ2n) is 10.5. The minimum absolute atomic E-state index is 0.0313. The largest absolute Gasteiger partial charge is 0.490 e. The van der Waals surface area contributed by atoms with Gasteiger partial charge < -0.3 is 14.7 Å². The van der Waals surface area contributed by atoms with Gasteiger partial charge >= 0.3 is 0 Å². The third kappa shape index (κ3) is 4.70. The Morgan fingerprint density at radius 2 is 2.00 bits per heavy atom. The molecule has 0 radical (unpaired) electrons. The van der Waals surface area contributed by atoms with E-state index in [1.807, 2.05) is 24.3 Å². The molecule has 2 aromatic rings. The summed E-state index contributed by atoms with van der Waals surface area (Å²) in [5, 5.41) is 11.1. The summed E-state index contributed by atoms with van der Waals surface area (Å²) in [5.41, 5.74) is 1.12. The Kier molecular flexibility index (Phi) is 6.84. The van der Waals surface area contributed by atoms with Gasteiger partial charge in [0.15, 0.2) is 0 Å². The first-order valence-corrected chi connectivity index (χ1v) is 13.2. The fraction of sp³-hybridized carbons (Fsp3) is 0.517. The molecule has 1 aliphatic heterocycles. The molecule has 3 aliphatic rings. The maximum Gasteiger partial charge on any atom is 0.273 e. The van der Waals surface area contributed by atoms with Gasteiger partial charge in [-0.3, -0.25) is 0 Å². The van der Waals surface area contributed by atoms with Crippen molar-refractivity contribution in [1.82, 2.24) is 0 Å². The highest BCUT2D eigenvalue weighted by Crippen LogP contribution is 2.51. The van der Waals surface area contributed by atoms with Crippen LogP contribution in [0.25, 0.3) is 0 Å². The van der Waals surface area contributed by atoms with Crippen molar-refractivity contribution in [2.45, 2.75) is 62.9 Å². The number of alkyl halides is 2. The van der Waals surface area contributed by atoms with Crippen molar-refractivity contribution in [3.05, 3.63) is 70.8 Å². The standard InChI is InChI=1S/C29H34ClF2NO2/c1-2-3-4-8-26(34)22-12-10-20(22)17-33-18-28(19-35-27-9-6-5-7-25(27)33)14-15-29(31,32)24-16-21(30)11-13-23(24)28/h4-9,11,13,16,20,22,26,34H,2-3,10,12,14-15,17-19H2,1H3/b8-4+/t20-,22+,26-,28-/m0/s1. The van der Waals surface area contributed by atoms with E-state index in [-0.39, 0.29) is 17.9 Å². The zero-order valence-corrected chi connectivity index (χ0v) is 21.0. The van der Waals surface area contributed by atoms with E-state index in [4.69, 9.17) is 16.3 Å². The number of ether oxygens (including phenoxy) is 1. The Hall–Kier alpha value is -2.11. The Morgan fingerprint density at radius 1 is 1.17 bits per heavy atom. The Morgan fingerprint density at radius 3 is 2.77 bits per heavy atom. The number of hydrogen-bond donors (Lipinski definition) is 1. The van der Waals surface area contributed by atoms with E-state index in [1.165, 1.54) is 6.07 Å². The van der Waals surface area contributed by atoms with Gasteiger partial charge in [0, 0.05) is 35.5 Å². The van der Waals surface area contributed by atoms with Crippen LogP contribution in [0.1, 0.15) is 56.6 Å². The van der Waals surface area contributed by atoms with Crippen LogP contribution >= 0.6 is 11.6 Å². The second kappa shape index (κ2) is 9.74. The third-order valence-electron chi connectivity index (χ3n) is 8.23. The maximum absolute atomic E-state index is 15.0. The predicted octanol–water partition coefficient (Wildman–Crippen LogP) is 7.11. The molecule has 0 aromatic heterocycles. The number of rotatable bonds is 6. The molecule has 0 amide bonds. The molecular weight excluding hydrogens is 468 g/mol. The van der Waals surface area contributed by atoms with Crippen molar-refractivity contribution >= 4 is 17.3 Å². The van der Waals surface area contributed by atoms with Crippen LogP contribution in [-0.4, -0.2) is 30.9 Å². The smallest absolute Gasteiger partial charge is 0.273 e. The molecule has 2 aliphatic carbocycles. The summed E-state index contributed by atoms with van der Waals surface area (Å²) < 4.78 is 36.3. The fourth-order valence-electron chi connectivity index (χ4n) is 6.08. The van der Waals surface area contributed by atoms with Crippen molar-refractivity contribution in [1.29, 1.82) is 0 Å². The number of para-hydroxylation sites is 2. The summed E-state index contributed by atoms with van der Waals surface area (Å²) in [4.78, 5) is 2.32.